The normalized spacial score (nSPS) is 16.3. The number of carbonyl (C=O) groups is 1. The highest BCUT2D eigenvalue weighted by molar-refractivity contribution is 5.94. The van der Waals surface area contributed by atoms with Gasteiger partial charge >= 0.3 is 0 Å². The van der Waals surface area contributed by atoms with Crippen LogP contribution in [-0.4, -0.2) is 48.9 Å². The number of rotatable bonds is 4. The predicted molar refractivity (Wildman–Crippen MR) is 78.4 cm³/mol. The summed E-state index contributed by atoms with van der Waals surface area (Å²) in [4.78, 5) is 16.6. The molecule has 0 aromatic heterocycles. The van der Waals surface area contributed by atoms with Crippen molar-refractivity contribution in [1.29, 1.82) is 0 Å². The van der Waals surface area contributed by atoms with Gasteiger partial charge in [-0.25, -0.2) is 0 Å². The maximum absolute atomic E-state index is 12.3. The van der Waals surface area contributed by atoms with Gasteiger partial charge < -0.3 is 9.80 Å². The summed E-state index contributed by atoms with van der Waals surface area (Å²) in [6, 6.07) is 7.82. The number of amides is 1. The number of likely N-dealkylation sites (tertiary alicyclic amines) is 1. The Kier molecular flexibility index (Phi) is 4.97. The van der Waals surface area contributed by atoms with Crippen molar-refractivity contribution >= 4 is 5.91 Å². The summed E-state index contributed by atoms with van der Waals surface area (Å²) in [6.45, 7) is 6.20. The molecule has 1 fully saturated rings. The van der Waals surface area contributed by atoms with Crippen molar-refractivity contribution in [2.24, 2.45) is 0 Å². The van der Waals surface area contributed by atoms with Crippen LogP contribution in [0.3, 0.4) is 0 Å². The number of benzene rings is 1. The highest BCUT2D eigenvalue weighted by Gasteiger charge is 2.14. The SMILES string of the molecule is Cc1cccc(C(=O)N(C)CCN2CCCCC2)c1. The molecule has 19 heavy (non-hydrogen) atoms. The number of carbonyl (C=O) groups excluding carboxylic acids is 1. The van der Waals surface area contributed by atoms with Crippen LogP contribution in [-0.2, 0) is 0 Å². The summed E-state index contributed by atoms with van der Waals surface area (Å²) in [5, 5.41) is 0. The van der Waals surface area contributed by atoms with Gasteiger partial charge in [0.1, 0.15) is 0 Å². The molecule has 0 bridgehead atoms. The first-order valence-corrected chi connectivity index (χ1v) is 7.21. The average Bonchev–Trinajstić information content (AvgIpc) is 2.45. The molecule has 0 N–H and O–H groups in total. The highest BCUT2D eigenvalue weighted by Crippen LogP contribution is 2.09. The summed E-state index contributed by atoms with van der Waals surface area (Å²) in [6.07, 6.45) is 3.96. The van der Waals surface area contributed by atoms with E-state index in [0.717, 1.165) is 24.2 Å². The molecule has 0 aliphatic carbocycles. The molecule has 3 heteroatoms. The van der Waals surface area contributed by atoms with E-state index in [1.165, 1.54) is 32.4 Å². The van der Waals surface area contributed by atoms with Crippen LogP contribution < -0.4 is 0 Å². The lowest BCUT2D eigenvalue weighted by Gasteiger charge is -2.28. The molecule has 3 nitrogen and oxygen atoms in total. The minimum atomic E-state index is 0.126. The zero-order valence-corrected chi connectivity index (χ0v) is 12.1. The van der Waals surface area contributed by atoms with Crippen LogP contribution in [0.5, 0.6) is 0 Å². The Balaban J connectivity index is 1.85. The van der Waals surface area contributed by atoms with E-state index in [2.05, 4.69) is 4.90 Å². The van der Waals surface area contributed by atoms with E-state index in [9.17, 15) is 4.79 Å². The van der Waals surface area contributed by atoms with Gasteiger partial charge in [-0.05, 0) is 45.0 Å². The lowest BCUT2D eigenvalue weighted by Crippen LogP contribution is -2.38. The molecule has 2 rings (SSSR count). The van der Waals surface area contributed by atoms with Crippen LogP contribution in [0, 0.1) is 6.92 Å². The summed E-state index contributed by atoms with van der Waals surface area (Å²) in [7, 11) is 1.90. The van der Waals surface area contributed by atoms with Crippen molar-refractivity contribution in [3.05, 3.63) is 35.4 Å². The lowest BCUT2D eigenvalue weighted by atomic mass is 10.1. The number of nitrogens with zero attached hydrogens (tertiary/aromatic N) is 2. The quantitative estimate of drug-likeness (QED) is 0.830. The van der Waals surface area contributed by atoms with Gasteiger partial charge in [-0.15, -0.1) is 0 Å². The van der Waals surface area contributed by atoms with E-state index in [-0.39, 0.29) is 5.91 Å². The lowest BCUT2D eigenvalue weighted by molar-refractivity contribution is 0.0773. The van der Waals surface area contributed by atoms with Crippen molar-refractivity contribution in [1.82, 2.24) is 9.80 Å². The van der Waals surface area contributed by atoms with Gasteiger partial charge in [-0.3, -0.25) is 4.79 Å². The zero-order chi connectivity index (χ0) is 13.7. The van der Waals surface area contributed by atoms with E-state index < -0.39 is 0 Å². The molecule has 1 aromatic rings. The van der Waals surface area contributed by atoms with Crippen LogP contribution in [0.25, 0.3) is 0 Å². The smallest absolute Gasteiger partial charge is 0.253 e. The van der Waals surface area contributed by atoms with E-state index in [1.54, 1.807) is 0 Å². The van der Waals surface area contributed by atoms with Crippen molar-refractivity contribution < 1.29 is 4.79 Å². The van der Waals surface area contributed by atoms with Crippen molar-refractivity contribution in [3.8, 4) is 0 Å². The van der Waals surface area contributed by atoms with Gasteiger partial charge in [0.15, 0.2) is 0 Å². The Morgan fingerprint density at radius 3 is 2.68 bits per heavy atom. The Hall–Kier alpha value is -1.35. The Labute approximate surface area is 116 Å². The second-order valence-corrected chi connectivity index (χ2v) is 5.50. The largest absolute Gasteiger partial charge is 0.340 e. The number of likely N-dealkylation sites (N-methyl/N-ethyl adjacent to an activating group) is 1. The standard InChI is InChI=1S/C16H24N2O/c1-14-7-6-8-15(13-14)16(19)17(2)11-12-18-9-4-3-5-10-18/h6-8,13H,3-5,9-12H2,1-2H3. The fraction of sp³-hybridized carbons (Fsp3) is 0.562. The predicted octanol–water partition coefficient (Wildman–Crippen LogP) is 2.55. The van der Waals surface area contributed by atoms with E-state index in [1.807, 2.05) is 43.1 Å². The molecule has 1 amide bonds. The molecule has 1 heterocycles. The van der Waals surface area contributed by atoms with Crippen molar-refractivity contribution in [3.63, 3.8) is 0 Å². The van der Waals surface area contributed by atoms with Gasteiger partial charge in [0.2, 0.25) is 0 Å². The molecule has 1 saturated heterocycles. The fourth-order valence-corrected chi connectivity index (χ4v) is 2.57. The Bertz CT molecular complexity index is 425. The molecule has 1 aliphatic heterocycles. The maximum atomic E-state index is 12.3. The summed E-state index contributed by atoms with van der Waals surface area (Å²) in [5.74, 6) is 0.126. The molecule has 1 aliphatic rings. The van der Waals surface area contributed by atoms with Crippen molar-refractivity contribution in [2.45, 2.75) is 26.2 Å². The van der Waals surface area contributed by atoms with Crippen LogP contribution >= 0.6 is 0 Å². The molecule has 0 atom stereocenters. The molecule has 104 valence electrons. The van der Waals surface area contributed by atoms with Crippen LogP contribution in [0.4, 0.5) is 0 Å². The first kappa shape index (κ1) is 14.1. The monoisotopic (exact) mass is 260 g/mol. The van der Waals surface area contributed by atoms with Gasteiger partial charge in [0, 0.05) is 25.7 Å². The number of hydrogen-bond donors (Lipinski definition) is 0. The maximum Gasteiger partial charge on any atom is 0.253 e. The second-order valence-electron chi connectivity index (χ2n) is 5.50. The van der Waals surface area contributed by atoms with Crippen LogP contribution in [0.15, 0.2) is 24.3 Å². The fourth-order valence-electron chi connectivity index (χ4n) is 2.57. The third-order valence-corrected chi connectivity index (χ3v) is 3.81. The Morgan fingerprint density at radius 1 is 1.26 bits per heavy atom. The minimum Gasteiger partial charge on any atom is -0.340 e. The van der Waals surface area contributed by atoms with E-state index in [4.69, 9.17) is 0 Å². The summed E-state index contributed by atoms with van der Waals surface area (Å²) >= 11 is 0. The Morgan fingerprint density at radius 2 is 2.00 bits per heavy atom. The zero-order valence-electron chi connectivity index (χ0n) is 12.1. The molecule has 0 saturated carbocycles. The summed E-state index contributed by atoms with van der Waals surface area (Å²) in [5.41, 5.74) is 1.93. The molecular weight excluding hydrogens is 236 g/mol. The number of aryl methyl sites for hydroxylation is 1. The molecule has 1 aromatic carbocycles. The first-order chi connectivity index (χ1) is 9.16. The van der Waals surface area contributed by atoms with Crippen LogP contribution in [0.2, 0.25) is 0 Å². The molecule has 0 unspecified atom stereocenters. The van der Waals surface area contributed by atoms with Crippen molar-refractivity contribution in [2.75, 3.05) is 33.2 Å². The van der Waals surface area contributed by atoms with Crippen LogP contribution in [0.1, 0.15) is 35.2 Å². The molecule has 0 spiro atoms. The third kappa shape index (κ3) is 4.06. The summed E-state index contributed by atoms with van der Waals surface area (Å²) < 4.78 is 0. The topological polar surface area (TPSA) is 23.6 Å². The van der Waals surface area contributed by atoms with Gasteiger partial charge in [-0.2, -0.15) is 0 Å². The molecule has 0 radical (unpaired) electrons. The first-order valence-electron chi connectivity index (χ1n) is 7.21. The molecular formula is C16H24N2O. The minimum absolute atomic E-state index is 0.126. The highest BCUT2D eigenvalue weighted by atomic mass is 16.2. The number of hydrogen-bond acceptors (Lipinski definition) is 2. The van der Waals surface area contributed by atoms with Gasteiger partial charge in [0.05, 0.1) is 0 Å². The van der Waals surface area contributed by atoms with Gasteiger partial charge in [0.25, 0.3) is 5.91 Å². The second kappa shape index (κ2) is 6.71. The van der Waals surface area contributed by atoms with Gasteiger partial charge in [-0.1, -0.05) is 24.1 Å². The van der Waals surface area contributed by atoms with E-state index >= 15 is 0 Å². The average molecular weight is 260 g/mol. The third-order valence-electron chi connectivity index (χ3n) is 3.81. The van der Waals surface area contributed by atoms with E-state index in [0.29, 0.717) is 0 Å². The number of piperidine rings is 1.